The minimum Gasteiger partial charge on any atom is -0.352 e. The highest BCUT2D eigenvalue weighted by atomic mass is 15.3. The van der Waals surface area contributed by atoms with Crippen LogP contribution in [0, 0.1) is 6.92 Å². The highest BCUT2D eigenvalue weighted by Crippen LogP contribution is 2.10. The van der Waals surface area contributed by atoms with E-state index in [9.17, 15) is 0 Å². The first-order valence-corrected chi connectivity index (χ1v) is 7.60. The van der Waals surface area contributed by atoms with Crippen molar-refractivity contribution in [1.29, 1.82) is 0 Å². The number of pyridine rings is 1. The molecule has 1 aliphatic heterocycles. The van der Waals surface area contributed by atoms with Crippen LogP contribution in [0.2, 0.25) is 0 Å². The quantitative estimate of drug-likeness (QED) is 0.928. The van der Waals surface area contributed by atoms with Gasteiger partial charge < -0.3 is 10.2 Å². The first kappa shape index (κ1) is 13.4. The molecule has 0 radical (unpaired) electrons. The van der Waals surface area contributed by atoms with Crippen LogP contribution in [0.5, 0.6) is 0 Å². The molecule has 0 spiro atoms. The highest BCUT2D eigenvalue weighted by Gasteiger charge is 2.09. The van der Waals surface area contributed by atoms with E-state index in [0.717, 1.165) is 24.7 Å². The fourth-order valence-electron chi connectivity index (χ4n) is 2.74. The summed E-state index contributed by atoms with van der Waals surface area (Å²) in [5, 5.41) is 7.77. The average molecular weight is 273 g/mol. The maximum absolute atomic E-state index is 4.50. The fourth-order valence-corrected chi connectivity index (χ4v) is 2.74. The number of likely N-dealkylation sites (tertiary alicyclic amines) is 1. The van der Waals surface area contributed by atoms with Crippen LogP contribution < -0.4 is 5.32 Å². The second-order valence-corrected chi connectivity index (χ2v) is 5.62. The molecule has 108 valence electrons. The van der Waals surface area contributed by atoms with Gasteiger partial charge in [-0.1, -0.05) is 12.8 Å². The summed E-state index contributed by atoms with van der Waals surface area (Å²) in [5.74, 6) is 0.727. The topological polar surface area (TPSA) is 45.5 Å². The first-order valence-electron chi connectivity index (χ1n) is 7.60. The number of nitrogens with one attached hydrogen (secondary N) is 1. The average Bonchev–Trinajstić information content (AvgIpc) is 2.66. The number of nitrogens with zero attached hydrogens (tertiary/aromatic N) is 4. The third-order valence-corrected chi connectivity index (χ3v) is 3.90. The van der Waals surface area contributed by atoms with E-state index in [1.165, 1.54) is 44.3 Å². The molecule has 2 aromatic rings. The van der Waals surface area contributed by atoms with Crippen LogP contribution in [0.1, 0.15) is 31.2 Å². The zero-order chi connectivity index (χ0) is 13.8. The van der Waals surface area contributed by atoms with Crippen LogP contribution in [0.25, 0.3) is 5.65 Å². The molecule has 20 heavy (non-hydrogen) atoms. The Morgan fingerprint density at radius 3 is 2.80 bits per heavy atom. The van der Waals surface area contributed by atoms with Crippen LogP contribution >= 0.6 is 0 Å². The van der Waals surface area contributed by atoms with E-state index >= 15 is 0 Å². The van der Waals surface area contributed by atoms with Crippen LogP contribution in [-0.4, -0.2) is 45.7 Å². The Hall–Kier alpha value is -1.62. The largest absolute Gasteiger partial charge is 0.352 e. The fraction of sp³-hybridized carbons (Fsp3) is 0.600. The number of rotatable bonds is 4. The number of aryl methyl sites for hydroxylation is 1. The van der Waals surface area contributed by atoms with Gasteiger partial charge in [-0.05, 0) is 50.6 Å². The zero-order valence-corrected chi connectivity index (χ0v) is 12.2. The first-order chi connectivity index (χ1) is 9.81. The number of hydrogen-bond donors (Lipinski definition) is 1. The predicted octanol–water partition coefficient (Wildman–Crippen LogP) is 2.33. The second kappa shape index (κ2) is 6.22. The summed E-state index contributed by atoms with van der Waals surface area (Å²) in [6.45, 7) is 6.53. The zero-order valence-electron chi connectivity index (χ0n) is 12.2. The second-order valence-electron chi connectivity index (χ2n) is 5.62. The summed E-state index contributed by atoms with van der Waals surface area (Å²) in [7, 11) is 0. The lowest BCUT2D eigenvalue weighted by Gasteiger charge is -2.19. The molecule has 3 rings (SSSR count). The number of fused-ring (bicyclic) bond motifs is 1. The van der Waals surface area contributed by atoms with Gasteiger partial charge in [-0.25, -0.2) is 4.52 Å². The van der Waals surface area contributed by atoms with Gasteiger partial charge in [0.05, 0.1) is 0 Å². The Kier molecular flexibility index (Phi) is 4.16. The molecule has 5 nitrogen and oxygen atoms in total. The number of aromatic nitrogens is 3. The minimum absolute atomic E-state index is 0.727. The van der Waals surface area contributed by atoms with Crippen LogP contribution in [0.4, 0.5) is 5.95 Å². The van der Waals surface area contributed by atoms with E-state index in [2.05, 4.69) is 27.2 Å². The van der Waals surface area contributed by atoms with Gasteiger partial charge in [0.2, 0.25) is 5.95 Å². The Bertz CT molecular complexity index is 554. The third-order valence-electron chi connectivity index (χ3n) is 3.90. The van der Waals surface area contributed by atoms with Gasteiger partial charge in [-0.2, -0.15) is 4.98 Å². The molecule has 1 saturated heterocycles. The van der Waals surface area contributed by atoms with E-state index in [4.69, 9.17) is 0 Å². The lowest BCUT2D eigenvalue weighted by Crippen LogP contribution is -2.30. The molecule has 0 aromatic carbocycles. The molecule has 1 fully saturated rings. The van der Waals surface area contributed by atoms with Crippen molar-refractivity contribution >= 4 is 11.6 Å². The van der Waals surface area contributed by atoms with Crippen molar-refractivity contribution in [3.05, 3.63) is 23.9 Å². The molecule has 5 heteroatoms. The predicted molar refractivity (Wildman–Crippen MR) is 81.1 cm³/mol. The summed E-state index contributed by atoms with van der Waals surface area (Å²) in [4.78, 5) is 7.04. The molecular weight excluding hydrogens is 250 g/mol. The van der Waals surface area contributed by atoms with Crippen molar-refractivity contribution in [2.45, 2.75) is 32.6 Å². The molecule has 0 bridgehead atoms. The SMILES string of the molecule is Cc1ccn2nc(NCCN3CCCCCC3)nc2c1. The molecule has 0 saturated carbocycles. The van der Waals surface area contributed by atoms with E-state index in [1.54, 1.807) is 0 Å². The van der Waals surface area contributed by atoms with E-state index in [0.29, 0.717) is 0 Å². The molecule has 3 heterocycles. The maximum Gasteiger partial charge on any atom is 0.243 e. The highest BCUT2D eigenvalue weighted by molar-refractivity contribution is 5.45. The van der Waals surface area contributed by atoms with Gasteiger partial charge in [0, 0.05) is 19.3 Å². The van der Waals surface area contributed by atoms with Crippen molar-refractivity contribution in [3.8, 4) is 0 Å². The summed E-state index contributed by atoms with van der Waals surface area (Å²) in [6.07, 6.45) is 7.41. The molecule has 0 amide bonds. The van der Waals surface area contributed by atoms with E-state index in [-0.39, 0.29) is 0 Å². The molecule has 1 aliphatic rings. The summed E-state index contributed by atoms with van der Waals surface area (Å²) in [5.41, 5.74) is 2.11. The van der Waals surface area contributed by atoms with Crippen molar-refractivity contribution in [2.24, 2.45) is 0 Å². The Labute approximate surface area is 120 Å². The van der Waals surface area contributed by atoms with Crippen LogP contribution in [-0.2, 0) is 0 Å². The minimum atomic E-state index is 0.727. The summed E-state index contributed by atoms with van der Waals surface area (Å²) >= 11 is 0. The molecule has 0 unspecified atom stereocenters. The number of anilines is 1. The van der Waals surface area contributed by atoms with Gasteiger partial charge in [-0.3, -0.25) is 0 Å². The Morgan fingerprint density at radius 2 is 2.00 bits per heavy atom. The molecule has 0 atom stereocenters. The standard InChI is InChI=1S/C15H23N5/c1-13-6-10-20-14(12-13)17-15(18-20)16-7-11-19-8-4-2-3-5-9-19/h6,10,12H,2-5,7-9,11H2,1H3,(H,16,18). The van der Waals surface area contributed by atoms with Crippen molar-refractivity contribution in [3.63, 3.8) is 0 Å². The smallest absolute Gasteiger partial charge is 0.243 e. The maximum atomic E-state index is 4.50. The van der Waals surface area contributed by atoms with Gasteiger partial charge in [0.1, 0.15) is 0 Å². The van der Waals surface area contributed by atoms with Crippen molar-refractivity contribution in [2.75, 3.05) is 31.5 Å². The molecule has 0 aliphatic carbocycles. The van der Waals surface area contributed by atoms with Gasteiger partial charge in [-0.15, -0.1) is 5.10 Å². The van der Waals surface area contributed by atoms with Crippen LogP contribution in [0.15, 0.2) is 18.3 Å². The number of hydrogen-bond acceptors (Lipinski definition) is 4. The molecular formula is C15H23N5. The van der Waals surface area contributed by atoms with Crippen molar-refractivity contribution < 1.29 is 0 Å². The van der Waals surface area contributed by atoms with Crippen molar-refractivity contribution in [1.82, 2.24) is 19.5 Å². The van der Waals surface area contributed by atoms with Gasteiger partial charge in [0.15, 0.2) is 5.65 Å². The lowest BCUT2D eigenvalue weighted by atomic mass is 10.2. The molecule has 2 aromatic heterocycles. The monoisotopic (exact) mass is 273 g/mol. The Morgan fingerprint density at radius 1 is 1.20 bits per heavy atom. The van der Waals surface area contributed by atoms with E-state index < -0.39 is 0 Å². The Balaban J connectivity index is 1.54. The summed E-state index contributed by atoms with van der Waals surface area (Å²) < 4.78 is 1.82. The lowest BCUT2D eigenvalue weighted by molar-refractivity contribution is 0.296. The molecule has 1 N–H and O–H groups in total. The van der Waals surface area contributed by atoms with Gasteiger partial charge >= 0.3 is 0 Å². The van der Waals surface area contributed by atoms with E-state index in [1.807, 2.05) is 22.8 Å². The normalized spacial score (nSPS) is 17.2. The van der Waals surface area contributed by atoms with Crippen LogP contribution in [0.3, 0.4) is 0 Å². The third kappa shape index (κ3) is 3.28. The summed E-state index contributed by atoms with van der Waals surface area (Å²) in [6, 6.07) is 4.09. The van der Waals surface area contributed by atoms with Gasteiger partial charge in [0.25, 0.3) is 0 Å².